The number of imide groups is 1. The van der Waals surface area contributed by atoms with E-state index in [2.05, 4.69) is 0 Å². The summed E-state index contributed by atoms with van der Waals surface area (Å²) in [6.45, 7) is 2.18. The van der Waals surface area contributed by atoms with Crippen LogP contribution in [0.5, 0.6) is 0 Å². The van der Waals surface area contributed by atoms with Crippen LogP contribution in [0.25, 0.3) is 0 Å². The molecule has 1 saturated heterocycles. The van der Waals surface area contributed by atoms with Crippen molar-refractivity contribution in [2.45, 2.75) is 13.3 Å². The molecule has 0 radical (unpaired) electrons. The Labute approximate surface area is 114 Å². The van der Waals surface area contributed by atoms with E-state index >= 15 is 0 Å². The summed E-state index contributed by atoms with van der Waals surface area (Å²) >= 11 is 5.64. The second kappa shape index (κ2) is 5.40. The van der Waals surface area contributed by atoms with E-state index in [4.69, 9.17) is 16.3 Å². The Morgan fingerprint density at radius 2 is 2.21 bits per heavy atom. The molecule has 2 rings (SSSR count). The first-order chi connectivity index (χ1) is 9.04. The Balaban J connectivity index is 2.32. The predicted octanol–water partition coefficient (Wildman–Crippen LogP) is 2.66. The van der Waals surface area contributed by atoms with Crippen molar-refractivity contribution >= 4 is 29.1 Å². The minimum absolute atomic E-state index is 0.0339. The number of nitrogens with zero attached hydrogens (tertiary/aromatic N) is 1. The largest absolute Gasteiger partial charge is 0.501 e. The van der Waals surface area contributed by atoms with Crippen molar-refractivity contribution in [3.8, 4) is 0 Å². The molecular formula is C13H11ClFNO3. The van der Waals surface area contributed by atoms with Crippen molar-refractivity contribution in [3.05, 3.63) is 40.9 Å². The van der Waals surface area contributed by atoms with E-state index in [9.17, 15) is 14.0 Å². The maximum atomic E-state index is 13.1. The maximum Gasteiger partial charge on any atom is 0.264 e. The molecule has 1 aliphatic rings. The average Bonchev–Trinajstić information content (AvgIpc) is 2.65. The number of rotatable bonds is 3. The first kappa shape index (κ1) is 13.5. The molecule has 0 aromatic heterocycles. The summed E-state index contributed by atoms with van der Waals surface area (Å²) in [6.07, 6.45) is 1.25. The minimum Gasteiger partial charge on any atom is -0.501 e. The van der Waals surface area contributed by atoms with Crippen LogP contribution in [-0.4, -0.2) is 18.4 Å². The van der Waals surface area contributed by atoms with E-state index in [0.717, 1.165) is 11.0 Å². The van der Waals surface area contributed by atoms with Crippen molar-refractivity contribution in [2.24, 2.45) is 0 Å². The highest BCUT2D eigenvalue weighted by atomic mass is 35.5. The number of carbonyl (C=O) groups is 2. The molecule has 0 atom stereocenters. The summed E-state index contributed by atoms with van der Waals surface area (Å²) in [6, 6.07) is 3.69. The lowest BCUT2D eigenvalue weighted by molar-refractivity contribution is -0.120. The van der Waals surface area contributed by atoms with Crippen LogP contribution in [0, 0.1) is 5.82 Å². The fourth-order valence-electron chi connectivity index (χ4n) is 1.74. The zero-order chi connectivity index (χ0) is 14.0. The van der Waals surface area contributed by atoms with Gasteiger partial charge in [0.05, 0.1) is 35.6 Å². The third-order valence-corrected chi connectivity index (χ3v) is 2.91. The molecule has 1 fully saturated rings. The standard InChI is InChI=1S/C13H11ClFNO3/c1-2-19-7-8-5-12(17)16(13(8)18)9-3-4-11(15)10(14)6-9/h3-4,6-7H,2,5H2,1H3/b8-7+. The molecular weight excluding hydrogens is 273 g/mol. The Kier molecular flexibility index (Phi) is 3.85. The zero-order valence-corrected chi connectivity index (χ0v) is 10.9. The summed E-state index contributed by atoms with van der Waals surface area (Å²) in [5.41, 5.74) is 0.522. The van der Waals surface area contributed by atoms with Crippen LogP contribution in [0.3, 0.4) is 0 Å². The summed E-state index contributed by atoms with van der Waals surface area (Å²) in [4.78, 5) is 24.8. The van der Waals surface area contributed by atoms with Crippen LogP contribution in [0.1, 0.15) is 13.3 Å². The van der Waals surface area contributed by atoms with Crippen molar-refractivity contribution in [2.75, 3.05) is 11.5 Å². The lowest BCUT2D eigenvalue weighted by atomic mass is 10.2. The van der Waals surface area contributed by atoms with Gasteiger partial charge in [-0.2, -0.15) is 0 Å². The van der Waals surface area contributed by atoms with Gasteiger partial charge in [-0.3, -0.25) is 9.59 Å². The minimum atomic E-state index is -0.602. The van der Waals surface area contributed by atoms with Crippen LogP contribution < -0.4 is 4.90 Å². The van der Waals surface area contributed by atoms with Crippen LogP contribution >= 0.6 is 11.6 Å². The SMILES string of the molecule is CCO/C=C1\CC(=O)N(c2ccc(F)c(Cl)c2)C1=O. The van der Waals surface area contributed by atoms with Crippen molar-refractivity contribution in [1.82, 2.24) is 0 Å². The Hall–Kier alpha value is -1.88. The molecule has 0 aliphatic carbocycles. The molecule has 0 unspecified atom stereocenters. The molecule has 0 bridgehead atoms. The highest BCUT2D eigenvalue weighted by Gasteiger charge is 2.35. The van der Waals surface area contributed by atoms with Crippen LogP contribution in [0.15, 0.2) is 30.0 Å². The number of hydrogen-bond acceptors (Lipinski definition) is 3. The van der Waals surface area contributed by atoms with Crippen LogP contribution in [0.4, 0.5) is 10.1 Å². The van der Waals surface area contributed by atoms with E-state index in [1.807, 2.05) is 0 Å². The number of halogens is 2. The van der Waals surface area contributed by atoms with Gasteiger partial charge in [0.25, 0.3) is 5.91 Å². The third kappa shape index (κ3) is 2.61. The van der Waals surface area contributed by atoms with Gasteiger partial charge in [0.1, 0.15) is 5.82 Å². The Bertz CT molecular complexity index is 571. The fraction of sp³-hybridized carbons (Fsp3) is 0.231. The number of anilines is 1. The first-order valence-corrected chi connectivity index (χ1v) is 6.05. The highest BCUT2D eigenvalue weighted by molar-refractivity contribution is 6.32. The third-order valence-electron chi connectivity index (χ3n) is 2.62. The summed E-state index contributed by atoms with van der Waals surface area (Å²) in [7, 11) is 0. The first-order valence-electron chi connectivity index (χ1n) is 5.67. The molecule has 0 saturated carbocycles. The van der Waals surface area contributed by atoms with Gasteiger partial charge in [0.2, 0.25) is 5.91 Å². The summed E-state index contributed by atoms with van der Waals surface area (Å²) in [5.74, 6) is -1.46. The molecule has 1 aromatic carbocycles. The van der Waals surface area contributed by atoms with E-state index in [1.165, 1.54) is 18.4 Å². The van der Waals surface area contributed by atoms with Gasteiger partial charge in [-0.1, -0.05) is 11.6 Å². The topological polar surface area (TPSA) is 46.6 Å². The molecule has 0 spiro atoms. The van der Waals surface area contributed by atoms with Crippen molar-refractivity contribution in [1.29, 1.82) is 0 Å². The van der Waals surface area contributed by atoms with Crippen molar-refractivity contribution < 1.29 is 18.7 Å². The smallest absolute Gasteiger partial charge is 0.264 e. The van der Waals surface area contributed by atoms with E-state index in [1.54, 1.807) is 6.92 Å². The number of ether oxygens (including phenoxy) is 1. The van der Waals surface area contributed by atoms with Crippen LogP contribution in [-0.2, 0) is 14.3 Å². The molecule has 6 heteroatoms. The molecule has 1 heterocycles. The van der Waals surface area contributed by atoms with E-state index in [-0.39, 0.29) is 22.7 Å². The lowest BCUT2D eigenvalue weighted by Crippen LogP contribution is -2.28. The quantitative estimate of drug-likeness (QED) is 0.487. The molecule has 0 N–H and O–H groups in total. The monoisotopic (exact) mass is 283 g/mol. The van der Waals surface area contributed by atoms with Crippen molar-refractivity contribution in [3.63, 3.8) is 0 Å². The molecule has 100 valence electrons. The van der Waals surface area contributed by atoms with Crippen LogP contribution in [0.2, 0.25) is 5.02 Å². The highest BCUT2D eigenvalue weighted by Crippen LogP contribution is 2.29. The van der Waals surface area contributed by atoms with Gasteiger partial charge in [0, 0.05) is 0 Å². The Morgan fingerprint density at radius 1 is 1.47 bits per heavy atom. The Morgan fingerprint density at radius 3 is 2.84 bits per heavy atom. The number of hydrogen-bond donors (Lipinski definition) is 0. The molecule has 19 heavy (non-hydrogen) atoms. The molecule has 1 aromatic rings. The normalized spacial score (nSPS) is 17.4. The average molecular weight is 284 g/mol. The van der Waals surface area contributed by atoms with Gasteiger partial charge in [0.15, 0.2) is 0 Å². The lowest BCUT2D eigenvalue weighted by Gasteiger charge is -2.13. The second-order valence-electron chi connectivity index (χ2n) is 3.91. The zero-order valence-electron chi connectivity index (χ0n) is 10.2. The van der Waals surface area contributed by atoms with Gasteiger partial charge >= 0.3 is 0 Å². The van der Waals surface area contributed by atoms with E-state index in [0.29, 0.717) is 6.61 Å². The van der Waals surface area contributed by atoms with E-state index < -0.39 is 17.6 Å². The molecule has 1 aliphatic heterocycles. The predicted molar refractivity (Wildman–Crippen MR) is 68.2 cm³/mol. The molecule has 2 amide bonds. The summed E-state index contributed by atoms with van der Waals surface area (Å²) < 4.78 is 18.1. The van der Waals surface area contributed by atoms with Gasteiger partial charge in [-0.25, -0.2) is 9.29 Å². The fourth-order valence-corrected chi connectivity index (χ4v) is 1.91. The summed E-state index contributed by atoms with van der Waals surface area (Å²) in [5, 5.41) is -0.139. The van der Waals surface area contributed by atoms with Gasteiger partial charge in [-0.15, -0.1) is 0 Å². The number of benzene rings is 1. The van der Waals surface area contributed by atoms with Gasteiger partial charge in [-0.05, 0) is 25.1 Å². The number of carbonyl (C=O) groups excluding carboxylic acids is 2. The second-order valence-corrected chi connectivity index (χ2v) is 4.32. The maximum absolute atomic E-state index is 13.1. The molecule has 4 nitrogen and oxygen atoms in total. The number of amides is 2. The van der Waals surface area contributed by atoms with Gasteiger partial charge < -0.3 is 4.74 Å².